The lowest BCUT2D eigenvalue weighted by Gasteiger charge is -2.12. The molecule has 0 fully saturated rings. The maximum Gasteiger partial charge on any atom is 0.160 e. The first-order chi connectivity index (χ1) is 24.3. The van der Waals surface area contributed by atoms with Gasteiger partial charge in [0.15, 0.2) is 5.82 Å². The molecule has 0 amide bonds. The third kappa shape index (κ3) is 4.57. The molecule has 0 radical (unpaired) electrons. The Hall–Kier alpha value is -6.65. The van der Waals surface area contributed by atoms with Crippen LogP contribution in [-0.4, -0.2) is 15.0 Å². The molecule has 0 aliphatic heterocycles. The van der Waals surface area contributed by atoms with E-state index in [4.69, 9.17) is 19.4 Å². The van der Waals surface area contributed by atoms with Crippen molar-refractivity contribution in [1.29, 1.82) is 0 Å². The molecule has 10 aromatic rings. The molecule has 10 rings (SSSR count). The predicted octanol–water partition coefficient (Wildman–Crippen LogP) is 11.9. The zero-order valence-corrected chi connectivity index (χ0v) is 26.3. The molecular weight excluding hydrogens is 599 g/mol. The van der Waals surface area contributed by atoms with Gasteiger partial charge in [-0.2, -0.15) is 0 Å². The first kappa shape index (κ1) is 27.5. The molecule has 0 saturated heterocycles. The van der Waals surface area contributed by atoms with Crippen molar-refractivity contribution in [3.8, 4) is 45.2 Å². The zero-order chi connectivity index (χ0) is 32.3. The molecular formula is C45H27N3O. The monoisotopic (exact) mass is 625 g/mol. The first-order valence-electron chi connectivity index (χ1n) is 16.4. The van der Waals surface area contributed by atoms with Gasteiger partial charge in [-0.05, 0) is 57.9 Å². The van der Waals surface area contributed by atoms with Gasteiger partial charge in [-0.25, -0.2) is 15.0 Å². The number of hydrogen-bond acceptors (Lipinski definition) is 4. The highest BCUT2D eigenvalue weighted by atomic mass is 16.3. The van der Waals surface area contributed by atoms with E-state index in [0.29, 0.717) is 5.82 Å². The highest BCUT2D eigenvalue weighted by molar-refractivity contribution is 6.19. The number of aromatic nitrogens is 3. The van der Waals surface area contributed by atoms with Crippen LogP contribution in [0.4, 0.5) is 0 Å². The number of benzene rings is 7. The lowest BCUT2D eigenvalue weighted by atomic mass is 9.98. The van der Waals surface area contributed by atoms with Crippen LogP contribution in [0.5, 0.6) is 0 Å². The average molecular weight is 626 g/mol. The van der Waals surface area contributed by atoms with Crippen LogP contribution < -0.4 is 0 Å². The fourth-order valence-corrected chi connectivity index (χ4v) is 7.08. The molecule has 0 bridgehead atoms. The van der Waals surface area contributed by atoms with Gasteiger partial charge in [-0.3, -0.25) is 0 Å². The highest BCUT2D eigenvalue weighted by Crippen LogP contribution is 2.40. The number of pyridine rings is 1. The minimum atomic E-state index is 0.684. The van der Waals surface area contributed by atoms with Crippen LogP contribution in [0.2, 0.25) is 0 Å². The second-order valence-corrected chi connectivity index (χ2v) is 12.4. The van der Waals surface area contributed by atoms with E-state index in [1.54, 1.807) is 0 Å². The minimum absolute atomic E-state index is 0.684. The van der Waals surface area contributed by atoms with E-state index in [9.17, 15) is 0 Å². The highest BCUT2D eigenvalue weighted by Gasteiger charge is 2.19. The van der Waals surface area contributed by atoms with Crippen molar-refractivity contribution in [2.24, 2.45) is 0 Å². The summed E-state index contributed by atoms with van der Waals surface area (Å²) in [4.78, 5) is 15.5. The van der Waals surface area contributed by atoms with Crippen molar-refractivity contribution >= 4 is 54.4 Å². The zero-order valence-electron chi connectivity index (χ0n) is 26.3. The maximum atomic E-state index is 6.47. The Kier molecular flexibility index (Phi) is 6.15. The fourth-order valence-electron chi connectivity index (χ4n) is 7.08. The van der Waals surface area contributed by atoms with Crippen LogP contribution in [0.3, 0.4) is 0 Å². The van der Waals surface area contributed by atoms with E-state index in [1.807, 2.05) is 48.5 Å². The van der Waals surface area contributed by atoms with Crippen molar-refractivity contribution in [2.45, 2.75) is 0 Å². The fraction of sp³-hybridized carbons (Fsp3) is 0. The van der Waals surface area contributed by atoms with Gasteiger partial charge in [-0.15, -0.1) is 0 Å². The topological polar surface area (TPSA) is 51.8 Å². The first-order valence-corrected chi connectivity index (χ1v) is 16.4. The van der Waals surface area contributed by atoms with Crippen LogP contribution in [0.1, 0.15) is 0 Å². The summed E-state index contributed by atoms with van der Waals surface area (Å²) in [5.74, 6) is 0.684. The smallest absolute Gasteiger partial charge is 0.160 e. The van der Waals surface area contributed by atoms with Gasteiger partial charge in [0.05, 0.1) is 28.0 Å². The molecule has 0 aliphatic carbocycles. The Bertz CT molecular complexity index is 2890. The lowest BCUT2D eigenvalue weighted by Crippen LogP contribution is -1.96. The van der Waals surface area contributed by atoms with Gasteiger partial charge in [-0.1, -0.05) is 127 Å². The molecule has 0 aliphatic rings. The Morgan fingerprint density at radius 2 is 1.06 bits per heavy atom. The van der Waals surface area contributed by atoms with Crippen LogP contribution in [0, 0.1) is 0 Å². The van der Waals surface area contributed by atoms with Crippen molar-refractivity contribution in [2.75, 3.05) is 0 Å². The van der Waals surface area contributed by atoms with Crippen molar-refractivity contribution in [3.63, 3.8) is 0 Å². The number of hydrogen-bond donors (Lipinski definition) is 0. The van der Waals surface area contributed by atoms with Gasteiger partial charge >= 0.3 is 0 Å². The molecule has 4 nitrogen and oxygen atoms in total. The second kappa shape index (κ2) is 11.0. The summed E-state index contributed by atoms with van der Waals surface area (Å²) < 4.78 is 6.47. The SMILES string of the molecule is c1ccc(-c2cc(-c3cccc(-c4nc5ccccc5c5oc6ccccc6c45)c3)nc(-c3ccc4c(ccc5ccccc54)c3)n2)cc1. The van der Waals surface area contributed by atoms with E-state index >= 15 is 0 Å². The number of nitrogens with zero attached hydrogens (tertiary/aromatic N) is 3. The molecule has 0 spiro atoms. The van der Waals surface area contributed by atoms with Crippen molar-refractivity contribution in [1.82, 2.24) is 15.0 Å². The summed E-state index contributed by atoms with van der Waals surface area (Å²) in [7, 11) is 0. The van der Waals surface area contributed by atoms with Gasteiger partial charge in [0.1, 0.15) is 11.2 Å². The average Bonchev–Trinajstić information content (AvgIpc) is 3.58. The van der Waals surface area contributed by atoms with Crippen LogP contribution in [0.15, 0.2) is 168 Å². The summed E-state index contributed by atoms with van der Waals surface area (Å²) >= 11 is 0. The van der Waals surface area contributed by atoms with Gasteiger partial charge in [0.2, 0.25) is 0 Å². The Balaban J connectivity index is 1.17. The van der Waals surface area contributed by atoms with Crippen LogP contribution in [0.25, 0.3) is 99.5 Å². The molecule has 4 heteroatoms. The molecule has 0 unspecified atom stereocenters. The van der Waals surface area contributed by atoms with Gasteiger partial charge < -0.3 is 4.42 Å². The predicted molar refractivity (Wildman–Crippen MR) is 201 cm³/mol. The quantitative estimate of drug-likeness (QED) is 0.183. The van der Waals surface area contributed by atoms with Crippen LogP contribution >= 0.6 is 0 Å². The molecule has 3 heterocycles. The molecule has 7 aromatic carbocycles. The summed E-state index contributed by atoms with van der Waals surface area (Å²) in [6.07, 6.45) is 0. The van der Waals surface area contributed by atoms with E-state index in [0.717, 1.165) is 77.6 Å². The number of furan rings is 1. The molecule has 228 valence electrons. The van der Waals surface area contributed by atoms with Gasteiger partial charge in [0.25, 0.3) is 0 Å². The third-order valence-corrected chi connectivity index (χ3v) is 9.44. The lowest BCUT2D eigenvalue weighted by molar-refractivity contribution is 0.672. The number of rotatable bonds is 4. The number of fused-ring (bicyclic) bond motifs is 8. The van der Waals surface area contributed by atoms with E-state index in [1.165, 1.54) is 16.2 Å². The van der Waals surface area contributed by atoms with Gasteiger partial charge in [0, 0.05) is 33.0 Å². The molecule has 0 N–H and O–H groups in total. The largest absolute Gasteiger partial charge is 0.455 e. The van der Waals surface area contributed by atoms with E-state index in [2.05, 4.69) is 115 Å². The van der Waals surface area contributed by atoms with E-state index < -0.39 is 0 Å². The third-order valence-electron chi connectivity index (χ3n) is 9.44. The minimum Gasteiger partial charge on any atom is -0.455 e. The summed E-state index contributed by atoms with van der Waals surface area (Å²) in [6.45, 7) is 0. The Morgan fingerprint density at radius 3 is 1.96 bits per heavy atom. The summed E-state index contributed by atoms with van der Waals surface area (Å²) in [5, 5.41) is 7.92. The second-order valence-electron chi connectivity index (χ2n) is 12.4. The summed E-state index contributed by atoms with van der Waals surface area (Å²) in [5.41, 5.74) is 9.21. The molecule has 3 aromatic heterocycles. The molecule has 0 atom stereocenters. The normalized spacial score (nSPS) is 11.7. The molecule has 49 heavy (non-hydrogen) atoms. The number of para-hydroxylation sites is 2. The maximum absolute atomic E-state index is 6.47. The van der Waals surface area contributed by atoms with Crippen LogP contribution in [-0.2, 0) is 0 Å². The molecule has 0 saturated carbocycles. The summed E-state index contributed by atoms with van der Waals surface area (Å²) in [6, 6.07) is 56.7. The Morgan fingerprint density at radius 1 is 0.388 bits per heavy atom. The van der Waals surface area contributed by atoms with E-state index in [-0.39, 0.29) is 0 Å². The Labute approximate surface area is 282 Å². The van der Waals surface area contributed by atoms with Crippen molar-refractivity contribution in [3.05, 3.63) is 164 Å². The standard InChI is InChI=1S/C45H27N3O/c1-2-12-29(13-3-1)39-27-40(48-45(47-39)33-23-24-35-30(25-33)22-21-28-11-4-5-16-34(28)35)31-14-10-15-32(26-31)43-42-37-18-7-9-20-41(37)49-44(42)36-17-6-8-19-38(36)46-43/h1-27H. The van der Waals surface area contributed by atoms with Crippen molar-refractivity contribution < 1.29 is 4.42 Å².